The number of rotatable bonds is 4. The van der Waals surface area contributed by atoms with Gasteiger partial charge in [0.25, 0.3) is 0 Å². The summed E-state index contributed by atoms with van der Waals surface area (Å²) >= 11 is 0. The summed E-state index contributed by atoms with van der Waals surface area (Å²) in [6, 6.07) is 1.78. The van der Waals surface area contributed by atoms with Crippen LogP contribution < -0.4 is 0 Å². The van der Waals surface area contributed by atoms with E-state index < -0.39 is 18.5 Å². The van der Waals surface area contributed by atoms with E-state index >= 15 is 0 Å². The van der Waals surface area contributed by atoms with E-state index in [1.165, 1.54) is 0 Å². The first-order valence-corrected chi connectivity index (χ1v) is 4.12. The number of halogens is 3. The van der Waals surface area contributed by atoms with Crippen LogP contribution in [0.1, 0.15) is 19.8 Å². The molecule has 0 radical (unpaired) electrons. The summed E-state index contributed by atoms with van der Waals surface area (Å²) in [6.45, 7) is 1.82. The Morgan fingerprint density at radius 1 is 1.50 bits per heavy atom. The molecule has 80 valence electrons. The summed E-state index contributed by atoms with van der Waals surface area (Å²) in [5, 5.41) is 8.21. The zero-order valence-corrected chi connectivity index (χ0v) is 7.76. The number of carbonyl (C=O) groups excluding carboxylic acids is 1. The maximum absolute atomic E-state index is 11.8. The lowest BCUT2D eigenvalue weighted by atomic mass is 10.3. The van der Waals surface area contributed by atoms with Crippen molar-refractivity contribution in [1.82, 2.24) is 4.90 Å². The third-order valence-electron chi connectivity index (χ3n) is 1.58. The Hall–Kier alpha value is -1.25. The molecule has 0 aliphatic carbocycles. The highest BCUT2D eigenvalue weighted by atomic mass is 19.4. The Kier molecular flexibility index (Phi) is 4.99. The van der Waals surface area contributed by atoms with Crippen LogP contribution in [0.5, 0.6) is 0 Å². The maximum atomic E-state index is 11.8. The van der Waals surface area contributed by atoms with Gasteiger partial charge in [0, 0.05) is 13.1 Å². The van der Waals surface area contributed by atoms with Gasteiger partial charge in [-0.15, -0.1) is 0 Å². The fourth-order valence-electron chi connectivity index (χ4n) is 0.927. The second-order valence-electron chi connectivity index (χ2n) is 2.67. The van der Waals surface area contributed by atoms with Crippen LogP contribution >= 0.6 is 0 Å². The summed E-state index contributed by atoms with van der Waals surface area (Å²) in [7, 11) is 0. The van der Waals surface area contributed by atoms with E-state index in [0.29, 0.717) is 0 Å². The first kappa shape index (κ1) is 12.8. The van der Waals surface area contributed by atoms with E-state index in [1.54, 1.807) is 13.0 Å². The lowest BCUT2D eigenvalue weighted by molar-refractivity contribution is -0.161. The maximum Gasteiger partial charge on any atom is 0.397 e. The Morgan fingerprint density at radius 3 is 2.43 bits per heavy atom. The Morgan fingerprint density at radius 2 is 2.07 bits per heavy atom. The highest BCUT2D eigenvalue weighted by molar-refractivity contribution is 5.76. The van der Waals surface area contributed by atoms with Crippen LogP contribution in [-0.2, 0) is 4.79 Å². The van der Waals surface area contributed by atoms with Crippen molar-refractivity contribution in [3.8, 4) is 6.07 Å². The van der Waals surface area contributed by atoms with Crippen LogP contribution in [0.3, 0.4) is 0 Å². The van der Waals surface area contributed by atoms with Crippen LogP contribution in [0.4, 0.5) is 13.2 Å². The highest BCUT2D eigenvalue weighted by Gasteiger charge is 2.32. The van der Waals surface area contributed by atoms with Crippen molar-refractivity contribution >= 4 is 5.91 Å². The van der Waals surface area contributed by atoms with E-state index in [2.05, 4.69) is 0 Å². The first-order chi connectivity index (χ1) is 6.40. The van der Waals surface area contributed by atoms with Gasteiger partial charge >= 0.3 is 6.18 Å². The molecule has 0 aromatic rings. The van der Waals surface area contributed by atoms with Gasteiger partial charge in [0.2, 0.25) is 5.91 Å². The molecule has 14 heavy (non-hydrogen) atoms. The van der Waals surface area contributed by atoms with E-state index in [0.717, 1.165) is 4.90 Å². The summed E-state index contributed by atoms with van der Waals surface area (Å²) in [5.41, 5.74) is 0. The highest BCUT2D eigenvalue weighted by Crippen LogP contribution is 2.20. The fraction of sp³-hybridized carbons (Fsp3) is 0.750. The third kappa shape index (κ3) is 5.41. The normalized spacial score (nSPS) is 10.8. The molecule has 3 nitrogen and oxygen atoms in total. The standard InChI is InChI=1S/C8H11F3N2O/c1-2-13(5-3-4-12)7(14)6-8(9,10)11/h2-3,5-6H2,1H3. The van der Waals surface area contributed by atoms with Crippen molar-refractivity contribution in [2.45, 2.75) is 25.9 Å². The number of amides is 1. The van der Waals surface area contributed by atoms with Crippen molar-refractivity contribution in [1.29, 1.82) is 5.26 Å². The zero-order valence-electron chi connectivity index (χ0n) is 7.76. The van der Waals surface area contributed by atoms with Crippen LogP contribution in [0.15, 0.2) is 0 Å². The quantitative estimate of drug-likeness (QED) is 0.705. The summed E-state index contributed by atoms with van der Waals surface area (Å²) in [5.74, 6) is -0.977. The number of alkyl halides is 3. The van der Waals surface area contributed by atoms with Gasteiger partial charge in [-0.2, -0.15) is 18.4 Å². The molecule has 0 aromatic heterocycles. The minimum atomic E-state index is -4.48. The number of hydrogen-bond acceptors (Lipinski definition) is 2. The second kappa shape index (κ2) is 5.47. The van der Waals surface area contributed by atoms with Gasteiger partial charge in [-0.25, -0.2) is 0 Å². The topological polar surface area (TPSA) is 44.1 Å². The molecule has 0 aliphatic rings. The summed E-state index contributed by atoms with van der Waals surface area (Å²) < 4.78 is 35.4. The second-order valence-corrected chi connectivity index (χ2v) is 2.67. The molecule has 0 aliphatic heterocycles. The molecule has 0 saturated carbocycles. The summed E-state index contributed by atoms with van der Waals surface area (Å²) in [4.78, 5) is 12.0. The average Bonchev–Trinajstić information content (AvgIpc) is 2.02. The van der Waals surface area contributed by atoms with Gasteiger partial charge in [-0.1, -0.05) is 0 Å². The monoisotopic (exact) mass is 208 g/mol. The van der Waals surface area contributed by atoms with Crippen molar-refractivity contribution < 1.29 is 18.0 Å². The molecule has 0 N–H and O–H groups in total. The number of nitrogens with zero attached hydrogens (tertiary/aromatic N) is 2. The van der Waals surface area contributed by atoms with E-state index in [9.17, 15) is 18.0 Å². The molecule has 6 heteroatoms. The first-order valence-electron chi connectivity index (χ1n) is 4.12. The molecule has 0 fully saturated rings. The summed E-state index contributed by atoms with van der Waals surface area (Å²) in [6.07, 6.45) is -5.87. The van der Waals surface area contributed by atoms with Gasteiger partial charge in [0.1, 0.15) is 6.42 Å². The zero-order chi connectivity index (χ0) is 11.2. The predicted molar refractivity (Wildman–Crippen MR) is 43.2 cm³/mol. The molecule has 0 spiro atoms. The molecule has 0 unspecified atom stereocenters. The van der Waals surface area contributed by atoms with Crippen molar-refractivity contribution in [2.75, 3.05) is 13.1 Å². The van der Waals surface area contributed by atoms with Crippen molar-refractivity contribution in [3.05, 3.63) is 0 Å². The molecule has 0 bridgehead atoms. The molecule has 0 rings (SSSR count). The van der Waals surface area contributed by atoms with E-state index in [1.807, 2.05) is 0 Å². The van der Waals surface area contributed by atoms with Gasteiger partial charge in [0.05, 0.1) is 12.5 Å². The molecule has 0 atom stereocenters. The SMILES string of the molecule is CCN(CCC#N)C(=O)CC(F)(F)F. The van der Waals surface area contributed by atoms with E-state index in [-0.39, 0.29) is 19.5 Å². The fourth-order valence-corrected chi connectivity index (χ4v) is 0.927. The lowest BCUT2D eigenvalue weighted by Crippen LogP contribution is -2.34. The van der Waals surface area contributed by atoms with Gasteiger partial charge in [-0.3, -0.25) is 4.79 Å². The number of hydrogen-bond donors (Lipinski definition) is 0. The van der Waals surface area contributed by atoms with Crippen LogP contribution in [0, 0.1) is 11.3 Å². The average molecular weight is 208 g/mol. The Labute approximate surface area is 80.1 Å². The third-order valence-corrected chi connectivity index (χ3v) is 1.58. The molecule has 0 aromatic carbocycles. The Balaban J connectivity index is 4.12. The smallest absolute Gasteiger partial charge is 0.342 e. The Bertz CT molecular complexity index is 232. The van der Waals surface area contributed by atoms with E-state index in [4.69, 9.17) is 5.26 Å². The van der Waals surface area contributed by atoms with Gasteiger partial charge < -0.3 is 4.90 Å². The van der Waals surface area contributed by atoms with Gasteiger partial charge in [0.15, 0.2) is 0 Å². The van der Waals surface area contributed by atoms with Crippen molar-refractivity contribution in [3.63, 3.8) is 0 Å². The minimum Gasteiger partial charge on any atom is -0.342 e. The molecule has 0 saturated heterocycles. The van der Waals surface area contributed by atoms with Crippen molar-refractivity contribution in [2.24, 2.45) is 0 Å². The number of carbonyl (C=O) groups is 1. The molecule has 1 amide bonds. The minimum absolute atomic E-state index is 0.0530. The molecular formula is C8H11F3N2O. The lowest BCUT2D eigenvalue weighted by Gasteiger charge is -2.20. The molecule has 0 heterocycles. The predicted octanol–water partition coefficient (Wildman–Crippen LogP) is 1.70. The largest absolute Gasteiger partial charge is 0.397 e. The molecular weight excluding hydrogens is 197 g/mol. The van der Waals surface area contributed by atoms with Crippen LogP contribution in [0.2, 0.25) is 0 Å². The van der Waals surface area contributed by atoms with Crippen LogP contribution in [0.25, 0.3) is 0 Å². The van der Waals surface area contributed by atoms with Gasteiger partial charge in [-0.05, 0) is 6.92 Å². The number of nitriles is 1. The van der Waals surface area contributed by atoms with Crippen LogP contribution in [-0.4, -0.2) is 30.1 Å².